The number of rotatable bonds is 3. The van der Waals surface area contributed by atoms with Crippen molar-refractivity contribution in [3.8, 4) is 23.3 Å². The minimum absolute atomic E-state index is 0.0934. The first-order valence-electron chi connectivity index (χ1n) is 7.35. The van der Waals surface area contributed by atoms with E-state index in [-0.39, 0.29) is 6.61 Å². The molecule has 3 rings (SSSR count). The van der Waals surface area contributed by atoms with Gasteiger partial charge in [0.15, 0.2) is 11.9 Å². The van der Waals surface area contributed by atoms with Gasteiger partial charge in [0.25, 0.3) is 0 Å². The average molecular weight is 308 g/mol. The number of aldehydes is 1. The Labute approximate surface area is 134 Å². The molecule has 0 spiro atoms. The smallest absolute Gasteiger partial charge is 0.157 e. The molecule has 4 nitrogen and oxygen atoms in total. The van der Waals surface area contributed by atoms with E-state index >= 15 is 0 Å². The van der Waals surface area contributed by atoms with Crippen LogP contribution in [0.3, 0.4) is 0 Å². The largest absolute Gasteiger partial charge is 0.493 e. The van der Waals surface area contributed by atoms with Crippen LogP contribution in [0.4, 0.5) is 0 Å². The summed E-state index contributed by atoms with van der Waals surface area (Å²) in [6.07, 6.45) is 1.15. The molecule has 1 atom stereocenters. The fourth-order valence-electron chi connectivity index (χ4n) is 2.51. The molecule has 0 fully saturated rings. The van der Waals surface area contributed by atoms with E-state index in [0.29, 0.717) is 35.7 Å². The number of hydrogen-bond acceptors (Lipinski definition) is 4. The van der Waals surface area contributed by atoms with E-state index in [4.69, 9.17) is 9.47 Å². The Bertz CT molecular complexity index is 772. The van der Waals surface area contributed by atoms with Crippen molar-refractivity contribution in [2.75, 3.05) is 13.2 Å². The first-order valence-corrected chi connectivity index (χ1v) is 7.35. The molecular weight excluding hydrogens is 292 g/mol. The van der Waals surface area contributed by atoms with Gasteiger partial charge in [0.2, 0.25) is 0 Å². The van der Waals surface area contributed by atoms with E-state index < -0.39 is 5.60 Å². The number of fused-ring (bicyclic) bond motifs is 1. The molecule has 1 aliphatic heterocycles. The Kier molecular flexibility index (Phi) is 4.31. The van der Waals surface area contributed by atoms with Crippen molar-refractivity contribution in [2.24, 2.45) is 0 Å². The molecule has 2 aromatic rings. The fourth-order valence-corrected chi connectivity index (χ4v) is 2.51. The first-order chi connectivity index (χ1) is 11.2. The van der Waals surface area contributed by atoms with Gasteiger partial charge in [-0.15, -0.1) is 0 Å². The number of para-hydroxylation sites is 2. The summed E-state index contributed by atoms with van der Waals surface area (Å²) < 4.78 is 11.0. The van der Waals surface area contributed by atoms with Crippen LogP contribution >= 0.6 is 0 Å². The van der Waals surface area contributed by atoms with Crippen molar-refractivity contribution in [2.45, 2.75) is 12.0 Å². The van der Waals surface area contributed by atoms with Crippen molar-refractivity contribution in [3.63, 3.8) is 0 Å². The highest BCUT2D eigenvalue weighted by atomic mass is 16.5. The number of benzene rings is 2. The highest BCUT2D eigenvalue weighted by Gasteiger charge is 2.33. The fraction of sp³-hybridized carbons (Fsp3) is 0.211. The molecule has 1 N–H and O–H groups in total. The standard InChI is InChI=1S/C19H16O4/c20-14-15-6-1-3-8-17(15)22-12-5-10-19(21)11-13-23-18-9-4-2-7-16(18)19/h1-4,6-9,14,21H,11-13H2. The van der Waals surface area contributed by atoms with Gasteiger partial charge in [0.05, 0.1) is 12.2 Å². The van der Waals surface area contributed by atoms with Gasteiger partial charge in [-0.25, -0.2) is 0 Å². The van der Waals surface area contributed by atoms with Crippen LogP contribution in [0.1, 0.15) is 22.3 Å². The third-order valence-corrected chi connectivity index (χ3v) is 3.70. The number of carbonyl (C=O) groups is 1. The predicted octanol–water partition coefficient (Wildman–Crippen LogP) is 2.55. The number of aliphatic hydroxyl groups is 1. The molecule has 2 aromatic carbocycles. The van der Waals surface area contributed by atoms with Crippen molar-refractivity contribution in [1.82, 2.24) is 0 Å². The summed E-state index contributed by atoms with van der Waals surface area (Å²) >= 11 is 0. The molecule has 0 bridgehead atoms. The van der Waals surface area contributed by atoms with E-state index in [1.807, 2.05) is 24.3 Å². The molecule has 1 aliphatic rings. The van der Waals surface area contributed by atoms with Gasteiger partial charge in [-0.3, -0.25) is 4.79 Å². The molecular formula is C19H16O4. The molecule has 1 heterocycles. The quantitative estimate of drug-likeness (QED) is 0.699. The van der Waals surface area contributed by atoms with Crippen LogP contribution in [0.25, 0.3) is 0 Å². The van der Waals surface area contributed by atoms with Gasteiger partial charge in [-0.2, -0.15) is 0 Å². The Balaban J connectivity index is 1.74. The summed E-state index contributed by atoms with van der Waals surface area (Å²) in [5.74, 6) is 6.85. The van der Waals surface area contributed by atoms with E-state index in [0.717, 1.165) is 6.29 Å². The average Bonchev–Trinajstić information content (AvgIpc) is 2.59. The van der Waals surface area contributed by atoms with Gasteiger partial charge in [-0.1, -0.05) is 42.2 Å². The second-order valence-corrected chi connectivity index (χ2v) is 5.20. The van der Waals surface area contributed by atoms with Crippen molar-refractivity contribution in [3.05, 3.63) is 59.7 Å². The van der Waals surface area contributed by atoms with Gasteiger partial charge < -0.3 is 14.6 Å². The minimum atomic E-state index is -1.23. The lowest BCUT2D eigenvalue weighted by molar-refractivity contribution is 0.0510. The molecule has 116 valence electrons. The van der Waals surface area contributed by atoms with Gasteiger partial charge in [0, 0.05) is 12.0 Å². The van der Waals surface area contributed by atoms with Crippen LogP contribution in [-0.2, 0) is 5.60 Å². The third-order valence-electron chi connectivity index (χ3n) is 3.70. The van der Waals surface area contributed by atoms with E-state index in [2.05, 4.69) is 11.8 Å². The van der Waals surface area contributed by atoms with Crippen LogP contribution in [-0.4, -0.2) is 24.6 Å². The van der Waals surface area contributed by atoms with Crippen LogP contribution in [0.15, 0.2) is 48.5 Å². The molecule has 1 unspecified atom stereocenters. The molecule has 0 amide bonds. The lowest BCUT2D eigenvalue weighted by atomic mass is 9.89. The van der Waals surface area contributed by atoms with Crippen molar-refractivity contribution in [1.29, 1.82) is 0 Å². The summed E-state index contributed by atoms with van der Waals surface area (Å²) in [5.41, 5.74) is -0.0842. The zero-order chi connectivity index (χ0) is 16.1. The maximum absolute atomic E-state index is 10.9. The molecule has 0 aromatic heterocycles. The number of ether oxygens (including phenoxy) is 2. The number of hydrogen-bond donors (Lipinski definition) is 1. The summed E-state index contributed by atoms with van der Waals surface area (Å²) in [7, 11) is 0. The van der Waals surface area contributed by atoms with E-state index in [1.165, 1.54) is 0 Å². The SMILES string of the molecule is O=Cc1ccccc1OCC#CC1(O)CCOc2ccccc21. The van der Waals surface area contributed by atoms with Gasteiger partial charge in [0.1, 0.15) is 18.1 Å². The first kappa shape index (κ1) is 15.1. The van der Waals surface area contributed by atoms with E-state index in [9.17, 15) is 9.90 Å². The van der Waals surface area contributed by atoms with Crippen molar-refractivity contribution < 1.29 is 19.4 Å². The molecule has 0 saturated heterocycles. The zero-order valence-corrected chi connectivity index (χ0v) is 12.5. The molecule has 0 aliphatic carbocycles. The Morgan fingerprint density at radius 2 is 2.00 bits per heavy atom. The predicted molar refractivity (Wildman–Crippen MR) is 85.6 cm³/mol. The van der Waals surface area contributed by atoms with Crippen LogP contribution < -0.4 is 9.47 Å². The van der Waals surface area contributed by atoms with Crippen molar-refractivity contribution >= 4 is 6.29 Å². The molecule has 23 heavy (non-hydrogen) atoms. The van der Waals surface area contributed by atoms with E-state index in [1.54, 1.807) is 24.3 Å². The van der Waals surface area contributed by atoms with Crippen LogP contribution in [0.2, 0.25) is 0 Å². The third kappa shape index (κ3) is 3.20. The van der Waals surface area contributed by atoms with Crippen LogP contribution in [0, 0.1) is 11.8 Å². The van der Waals surface area contributed by atoms with Gasteiger partial charge in [-0.05, 0) is 18.2 Å². The Hall–Kier alpha value is -2.77. The monoisotopic (exact) mass is 308 g/mol. The lowest BCUT2D eigenvalue weighted by Gasteiger charge is -2.29. The normalized spacial score (nSPS) is 18.8. The lowest BCUT2D eigenvalue weighted by Crippen LogP contribution is -2.31. The number of carbonyl (C=O) groups excluding carboxylic acids is 1. The summed E-state index contributed by atoms with van der Waals surface area (Å²) in [6.45, 7) is 0.507. The Morgan fingerprint density at radius 3 is 2.87 bits per heavy atom. The van der Waals surface area contributed by atoms with Crippen LogP contribution in [0.5, 0.6) is 11.5 Å². The molecule has 0 radical (unpaired) electrons. The molecule has 0 saturated carbocycles. The highest BCUT2D eigenvalue weighted by molar-refractivity contribution is 5.79. The summed E-state index contributed by atoms with van der Waals surface area (Å²) in [6, 6.07) is 14.3. The second-order valence-electron chi connectivity index (χ2n) is 5.20. The molecule has 4 heteroatoms. The summed E-state index contributed by atoms with van der Waals surface area (Å²) in [5, 5.41) is 10.8. The second kappa shape index (κ2) is 6.55. The maximum atomic E-state index is 10.9. The minimum Gasteiger partial charge on any atom is -0.493 e. The maximum Gasteiger partial charge on any atom is 0.157 e. The summed E-state index contributed by atoms with van der Waals surface area (Å²) in [4.78, 5) is 10.9. The Morgan fingerprint density at radius 1 is 1.22 bits per heavy atom. The topological polar surface area (TPSA) is 55.8 Å². The van der Waals surface area contributed by atoms with Gasteiger partial charge >= 0.3 is 0 Å². The highest BCUT2D eigenvalue weighted by Crippen LogP contribution is 2.36. The zero-order valence-electron chi connectivity index (χ0n) is 12.5.